The average molecular weight is 278 g/mol. The van der Waals surface area contributed by atoms with E-state index in [1.165, 1.54) is 9.75 Å². The van der Waals surface area contributed by atoms with Gasteiger partial charge in [0.2, 0.25) is 5.91 Å². The van der Waals surface area contributed by atoms with Gasteiger partial charge in [0.15, 0.2) is 0 Å². The van der Waals surface area contributed by atoms with Crippen molar-refractivity contribution in [3.8, 4) is 0 Å². The predicted octanol–water partition coefficient (Wildman–Crippen LogP) is 2.05. The largest absolute Gasteiger partial charge is 0.396 e. The molecule has 0 saturated carbocycles. The van der Waals surface area contributed by atoms with Crippen molar-refractivity contribution in [1.82, 2.24) is 14.7 Å². The number of likely N-dealkylation sites (N-methyl/N-ethyl adjacent to an activating group) is 1. The van der Waals surface area contributed by atoms with Crippen LogP contribution in [0, 0.1) is 6.92 Å². The van der Waals surface area contributed by atoms with Crippen LogP contribution in [0.15, 0.2) is 24.5 Å². The van der Waals surface area contributed by atoms with Crippen molar-refractivity contribution in [2.45, 2.75) is 26.4 Å². The molecule has 2 N–H and O–H groups in total. The number of carbonyl (C=O) groups excluding carboxylic acids is 1. The molecule has 0 aromatic carbocycles. The summed E-state index contributed by atoms with van der Waals surface area (Å²) >= 11 is 1.72. The monoisotopic (exact) mass is 278 g/mol. The zero-order valence-corrected chi connectivity index (χ0v) is 12.1. The molecular formula is C13H18N4OS. The summed E-state index contributed by atoms with van der Waals surface area (Å²) in [5, 5.41) is 4.02. The molecule has 0 saturated heterocycles. The molecule has 0 aliphatic carbocycles. The Hall–Kier alpha value is -1.82. The second-order valence-electron chi connectivity index (χ2n) is 4.60. The fraction of sp³-hybridized carbons (Fsp3) is 0.385. The molecule has 1 amide bonds. The fourth-order valence-corrected chi connectivity index (χ4v) is 2.77. The van der Waals surface area contributed by atoms with Crippen LogP contribution in [0.4, 0.5) is 5.69 Å². The Balaban J connectivity index is 2.02. The van der Waals surface area contributed by atoms with Crippen LogP contribution in [0.1, 0.15) is 22.7 Å². The van der Waals surface area contributed by atoms with Crippen molar-refractivity contribution < 1.29 is 4.79 Å². The lowest BCUT2D eigenvalue weighted by atomic mass is 10.2. The molecule has 0 aliphatic rings. The third kappa shape index (κ3) is 3.14. The number of carbonyl (C=O) groups is 1. The number of aryl methyl sites for hydroxylation is 1. The number of hydrogen-bond acceptors (Lipinski definition) is 4. The number of rotatable bonds is 4. The normalized spacial score (nSPS) is 12.4. The highest BCUT2D eigenvalue weighted by molar-refractivity contribution is 7.12. The molecule has 2 rings (SSSR count). The van der Waals surface area contributed by atoms with Crippen LogP contribution in [0.2, 0.25) is 0 Å². The Labute approximate surface area is 116 Å². The van der Waals surface area contributed by atoms with Crippen molar-refractivity contribution in [3.63, 3.8) is 0 Å². The number of amides is 1. The SMILES string of the molecule is Cc1ccc(C(C)N(C)C(=O)Cn2cc(N)cn2)s1. The minimum atomic E-state index is 0.0154. The van der Waals surface area contributed by atoms with Crippen molar-refractivity contribution in [1.29, 1.82) is 0 Å². The number of nitrogen functional groups attached to an aromatic ring is 1. The summed E-state index contributed by atoms with van der Waals surface area (Å²) in [7, 11) is 1.81. The minimum absolute atomic E-state index is 0.0154. The Morgan fingerprint density at radius 1 is 1.58 bits per heavy atom. The van der Waals surface area contributed by atoms with Gasteiger partial charge >= 0.3 is 0 Å². The van der Waals surface area contributed by atoms with Gasteiger partial charge in [-0.15, -0.1) is 11.3 Å². The summed E-state index contributed by atoms with van der Waals surface area (Å²) in [5.41, 5.74) is 6.14. The Kier molecular flexibility index (Phi) is 3.90. The van der Waals surface area contributed by atoms with Gasteiger partial charge in [-0.3, -0.25) is 9.48 Å². The second-order valence-corrected chi connectivity index (χ2v) is 5.92. The van der Waals surface area contributed by atoms with Crippen molar-refractivity contribution in [2.24, 2.45) is 0 Å². The topological polar surface area (TPSA) is 64.2 Å². The summed E-state index contributed by atoms with van der Waals surface area (Å²) in [4.78, 5) is 16.4. The minimum Gasteiger partial charge on any atom is -0.396 e. The second kappa shape index (κ2) is 5.44. The smallest absolute Gasteiger partial charge is 0.244 e. The quantitative estimate of drug-likeness (QED) is 0.931. The number of hydrogen-bond donors (Lipinski definition) is 1. The lowest BCUT2D eigenvalue weighted by molar-refractivity contribution is -0.132. The van der Waals surface area contributed by atoms with E-state index in [1.807, 2.05) is 14.0 Å². The van der Waals surface area contributed by atoms with E-state index < -0.39 is 0 Å². The van der Waals surface area contributed by atoms with Gasteiger partial charge in [0.05, 0.1) is 17.9 Å². The molecule has 1 atom stereocenters. The Morgan fingerprint density at radius 3 is 2.84 bits per heavy atom. The highest BCUT2D eigenvalue weighted by Crippen LogP contribution is 2.26. The predicted molar refractivity (Wildman–Crippen MR) is 76.9 cm³/mol. The van der Waals surface area contributed by atoms with Crippen LogP contribution in [-0.2, 0) is 11.3 Å². The average Bonchev–Trinajstić information content (AvgIpc) is 2.96. The van der Waals surface area contributed by atoms with Crippen molar-refractivity contribution in [2.75, 3.05) is 12.8 Å². The van der Waals surface area contributed by atoms with E-state index in [0.717, 1.165) is 0 Å². The maximum atomic E-state index is 12.2. The molecule has 2 aromatic rings. The maximum absolute atomic E-state index is 12.2. The van der Waals surface area contributed by atoms with E-state index in [2.05, 4.69) is 24.2 Å². The Bertz CT molecular complexity index is 575. The van der Waals surface area contributed by atoms with Crippen LogP contribution in [0.25, 0.3) is 0 Å². The summed E-state index contributed by atoms with van der Waals surface area (Å²) in [5.74, 6) is 0.0154. The number of aromatic nitrogens is 2. The van der Waals surface area contributed by atoms with E-state index in [9.17, 15) is 4.79 Å². The van der Waals surface area contributed by atoms with E-state index in [0.29, 0.717) is 5.69 Å². The first-order chi connectivity index (χ1) is 8.97. The first kappa shape index (κ1) is 13.6. The van der Waals surface area contributed by atoms with Gasteiger partial charge < -0.3 is 10.6 Å². The van der Waals surface area contributed by atoms with Crippen LogP contribution in [0.5, 0.6) is 0 Å². The van der Waals surface area contributed by atoms with Gasteiger partial charge in [-0.25, -0.2) is 0 Å². The molecule has 5 nitrogen and oxygen atoms in total. The van der Waals surface area contributed by atoms with Crippen LogP contribution in [-0.4, -0.2) is 27.6 Å². The highest BCUT2D eigenvalue weighted by Gasteiger charge is 2.19. The zero-order valence-electron chi connectivity index (χ0n) is 11.3. The molecular weight excluding hydrogens is 260 g/mol. The third-order valence-electron chi connectivity index (χ3n) is 3.10. The molecule has 0 bridgehead atoms. The van der Waals surface area contributed by atoms with E-state index in [-0.39, 0.29) is 18.5 Å². The van der Waals surface area contributed by atoms with Crippen LogP contribution in [0.3, 0.4) is 0 Å². The standard InChI is InChI=1S/C13H18N4OS/c1-9-4-5-12(19-9)10(2)16(3)13(18)8-17-7-11(14)6-15-17/h4-7,10H,8,14H2,1-3H3. The first-order valence-electron chi connectivity index (χ1n) is 6.07. The lowest BCUT2D eigenvalue weighted by Gasteiger charge is -2.24. The van der Waals surface area contributed by atoms with E-state index >= 15 is 0 Å². The fourth-order valence-electron chi connectivity index (χ4n) is 1.80. The van der Waals surface area contributed by atoms with Gasteiger partial charge in [-0.05, 0) is 26.0 Å². The molecule has 1 unspecified atom stereocenters. The van der Waals surface area contributed by atoms with Gasteiger partial charge in [-0.2, -0.15) is 5.10 Å². The van der Waals surface area contributed by atoms with Gasteiger partial charge in [0.25, 0.3) is 0 Å². The lowest BCUT2D eigenvalue weighted by Crippen LogP contribution is -2.32. The first-order valence-corrected chi connectivity index (χ1v) is 6.89. The summed E-state index contributed by atoms with van der Waals surface area (Å²) in [6, 6.07) is 4.21. The molecule has 19 heavy (non-hydrogen) atoms. The summed E-state index contributed by atoms with van der Waals surface area (Å²) in [6.45, 7) is 4.30. The zero-order chi connectivity index (χ0) is 14.0. The van der Waals surface area contributed by atoms with Gasteiger partial charge in [-0.1, -0.05) is 0 Å². The number of nitrogens with two attached hydrogens (primary N) is 1. The molecule has 6 heteroatoms. The van der Waals surface area contributed by atoms with Gasteiger partial charge in [0.1, 0.15) is 6.54 Å². The third-order valence-corrected chi connectivity index (χ3v) is 4.27. The van der Waals surface area contributed by atoms with Gasteiger partial charge in [0, 0.05) is 23.0 Å². The van der Waals surface area contributed by atoms with E-state index in [4.69, 9.17) is 5.73 Å². The van der Waals surface area contributed by atoms with Crippen LogP contribution >= 0.6 is 11.3 Å². The molecule has 2 aromatic heterocycles. The highest BCUT2D eigenvalue weighted by atomic mass is 32.1. The summed E-state index contributed by atoms with van der Waals surface area (Å²) in [6.07, 6.45) is 3.20. The maximum Gasteiger partial charge on any atom is 0.244 e. The molecule has 0 fully saturated rings. The van der Waals surface area contributed by atoms with Crippen LogP contribution < -0.4 is 5.73 Å². The molecule has 0 radical (unpaired) electrons. The Morgan fingerprint density at radius 2 is 2.32 bits per heavy atom. The van der Waals surface area contributed by atoms with Crippen molar-refractivity contribution in [3.05, 3.63) is 34.3 Å². The number of anilines is 1. The van der Waals surface area contributed by atoms with E-state index in [1.54, 1.807) is 33.3 Å². The molecule has 0 spiro atoms. The molecule has 102 valence electrons. The number of nitrogens with zero attached hydrogens (tertiary/aromatic N) is 3. The molecule has 2 heterocycles. The van der Waals surface area contributed by atoms with Crippen molar-refractivity contribution >= 4 is 22.9 Å². The molecule has 0 aliphatic heterocycles. The summed E-state index contributed by atoms with van der Waals surface area (Å²) < 4.78 is 1.56. The number of thiophene rings is 1.